The molecule has 2 aliphatic carbocycles. The summed E-state index contributed by atoms with van der Waals surface area (Å²) in [6.07, 6.45) is 8.16. The molecule has 4 aromatic carbocycles. The van der Waals surface area contributed by atoms with Gasteiger partial charge in [0, 0.05) is 0 Å². The zero-order valence-electron chi connectivity index (χ0n) is 27.7. The van der Waals surface area contributed by atoms with Crippen LogP contribution in [0, 0.1) is 13.8 Å². The molecule has 0 bridgehead atoms. The Morgan fingerprint density at radius 2 is 1.18 bits per heavy atom. The minimum absolute atomic E-state index is 0. The van der Waals surface area contributed by atoms with Crippen molar-refractivity contribution in [3.05, 3.63) is 150 Å². The van der Waals surface area contributed by atoms with Crippen molar-refractivity contribution < 1.29 is 46.1 Å². The normalized spacial score (nSPS) is 14.2. The van der Waals surface area contributed by atoms with Crippen LogP contribution in [0.5, 0.6) is 0 Å². The van der Waals surface area contributed by atoms with Gasteiger partial charge in [0.1, 0.15) is 0 Å². The van der Waals surface area contributed by atoms with Gasteiger partial charge in [0.05, 0.1) is 0 Å². The smallest absolute Gasteiger partial charge is 1.00 e. The van der Waals surface area contributed by atoms with Gasteiger partial charge < -0.3 is 24.8 Å². The summed E-state index contributed by atoms with van der Waals surface area (Å²) in [5.74, 6) is 0. The molecule has 0 radical (unpaired) electrons. The first-order valence-corrected chi connectivity index (χ1v) is 19.8. The second-order valence-electron chi connectivity index (χ2n) is 14.4. The Hall–Kier alpha value is -2.02. The van der Waals surface area contributed by atoms with Gasteiger partial charge in [0.15, 0.2) is 0 Å². The van der Waals surface area contributed by atoms with Crippen LogP contribution in [-0.2, 0) is 32.1 Å². The average molecular weight is 733 g/mol. The Bertz CT molecular complexity index is 1740. The molecule has 4 heteroatoms. The van der Waals surface area contributed by atoms with Gasteiger partial charge in [-0.15, -0.1) is 0 Å². The molecule has 0 aliphatic heterocycles. The van der Waals surface area contributed by atoms with E-state index in [9.17, 15) is 0 Å². The van der Waals surface area contributed by atoms with E-state index in [1.165, 1.54) is 55.6 Å². The van der Waals surface area contributed by atoms with Gasteiger partial charge in [0.25, 0.3) is 0 Å². The van der Waals surface area contributed by atoms with Gasteiger partial charge in [-0.25, -0.2) is 0 Å². The van der Waals surface area contributed by atoms with E-state index < -0.39 is 21.3 Å². The van der Waals surface area contributed by atoms with Gasteiger partial charge in [0.2, 0.25) is 0 Å². The van der Waals surface area contributed by atoms with Crippen molar-refractivity contribution in [3.63, 3.8) is 0 Å². The molecule has 0 atom stereocenters. The molecule has 2 aliphatic rings. The van der Waals surface area contributed by atoms with Crippen molar-refractivity contribution in [2.45, 2.75) is 76.3 Å². The van der Waals surface area contributed by atoms with E-state index in [0.29, 0.717) is 3.63 Å². The van der Waals surface area contributed by atoms with Crippen LogP contribution >= 0.6 is 11.6 Å². The summed E-state index contributed by atoms with van der Waals surface area (Å²) in [5, 5.41) is 0.787. The van der Waals surface area contributed by atoms with Crippen LogP contribution in [0.15, 0.2) is 100 Å². The SMILES string of the molecule is Cc1cc2c(cc1C(C)(C)C)-c1cc(C(C)(C)C)c(C)cc1[CH]2/[Zr+2]([C]1=CC=CC1)=[C](\c1ccccc1)c1ccc(Cl)cc1.[Cl-].[Cl-]. The van der Waals surface area contributed by atoms with E-state index >= 15 is 0 Å². The minimum atomic E-state index is -2.73. The summed E-state index contributed by atoms with van der Waals surface area (Å²) >= 11 is 3.72. The van der Waals surface area contributed by atoms with Crippen LogP contribution in [0.2, 0.25) is 5.02 Å². The topological polar surface area (TPSA) is 0 Å². The molecule has 0 N–H and O–H groups in total. The molecule has 4 aromatic rings. The second-order valence-corrected chi connectivity index (χ2v) is 21.1. The summed E-state index contributed by atoms with van der Waals surface area (Å²) in [4.78, 5) is 0. The van der Waals surface area contributed by atoms with E-state index in [0.717, 1.165) is 11.4 Å². The molecule has 0 saturated carbocycles. The first-order valence-electron chi connectivity index (χ1n) is 15.6. The maximum atomic E-state index is 6.45. The third-order valence-electron chi connectivity index (χ3n) is 9.19. The van der Waals surface area contributed by atoms with E-state index in [1.807, 2.05) is 0 Å². The van der Waals surface area contributed by atoms with Crippen molar-refractivity contribution in [1.29, 1.82) is 0 Å². The van der Waals surface area contributed by atoms with Crippen molar-refractivity contribution >= 4 is 14.8 Å². The molecule has 0 heterocycles. The van der Waals surface area contributed by atoms with Gasteiger partial charge in [-0.3, -0.25) is 0 Å². The quantitative estimate of drug-likeness (QED) is 0.265. The minimum Gasteiger partial charge on any atom is -1.00 e. The number of halogens is 3. The largest absolute Gasteiger partial charge is 1.00 e. The molecular formula is C41H43Cl3Zr. The predicted molar refractivity (Wildman–Crippen MR) is 184 cm³/mol. The van der Waals surface area contributed by atoms with Crippen LogP contribution in [0.3, 0.4) is 0 Å². The number of hydrogen-bond acceptors (Lipinski definition) is 0. The number of rotatable bonds is 4. The molecule has 0 spiro atoms. The van der Waals surface area contributed by atoms with Crippen LogP contribution in [0.4, 0.5) is 0 Å². The van der Waals surface area contributed by atoms with E-state index in [1.54, 1.807) is 6.49 Å². The molecule has 0 aromatic heterocycles. The Kier molecular flexibility index (Phi) is 10.8. The van der Waals surface area contributed by atoms with Crippen molar-refractivity contribution in [1.82, 2.24) is 0 Å². The standard InChI is InChI=1S/C23H29.C13H9Cl.C5H5.2ClH.Zr/c1-14-9-16-11-17-10-15(2)21(23(6,7)8)13-19(17)18(16)12-20(14)22(3,4)5;14-13-8-6-12(7-9-13)10-11-4-2-1-3-5-11;1-2-4-5-3-1;;;/h9-13H,1-8H3;1-9H;1-3H,4H2;2*1H;/q;;;;;+2/p-2. The van der Waals surface area contributed by atoms with Crippen LogP contribution < -0.4 is 24.8 Å². The van der Waals surface area contributed by atoms with Crippen molar-refractivity contribution in [2.75, 3.05) is 0 Å². The van der Waals surface area contributed by atoms with Gasteiger partial charge in [-0.1, -0.05) is 0 Å². The first kappa shape index (κ1) is 35.8. The number of fused-ring (bicyclic) bond motifs is 3. The third kappa shape index (κ3) is 6.85. The fourth-order valence-electron chi connectivity index (χ4n) is 7.34. The summed E-state index contributed by atoms with van der Waals surface area (Å²) in [6.45, 7) is 18.8. The zero-order valence-corrected chi connectivity index (χ0v) is 32.4. The summed E-state index contributed by atoms with van der Waals surface area (Å²) < 4.78 is 3.62. The molecule has 0 unspecified atom stereocenters. The maximum absolute atomic E-state index is 6.45. The molecule has 232 valence electrons. The molecule has 0 fully saturated rings. The summed E-state index contributed by atoms with van der Waals surface area (Å²) in [6, 6.07) is 30.1. The predicted octanol–water partition coefficient (Wildman–Crippen LogP) is 5.36. The fourth-order valence-corrected chi connectivity index (χ4v) is 16.4. The van der Waals surface area contributed by atoms with Crippen LogP contribution in [0.1, 0.15) is 96.1 Å². The van der Waals surface area contributed by atoms with Gasteiger partial charge in [-0.2, -0.15) is 0 Å². The summed E-state index contributed by atoms with van der Waals surface area (Å²) in [7, 11) is 0. The number of hydrogen-bond donors (Lipinski definition) is 0. The van der Waals surface area contributed by atoms with Gasteiger partial charge >= 0.3 is 273 Å². The molecule has 0 saturated heterocycles. The van der Waals surface area contributed by atoms with Crippen LogP contribution in [0.25, 0.3) is 11.1 Å². The fraction of sp³-hybridized carbons (Fsp3) is 0.293. The molecule has 45 heavy (non-hydrogen) atoms. The third-order valence-corrected chi connectivity index (χ3v) is 17.7. The van der Waals surface area contributed by atoms with Crippen molar-refractivity contribution in [2.24, 2.45) is 0 Å². The second kappa shape index (κ2) is 13.6. The first-order chi connectivity index (χ1) is 20.3. The number of benzene rings is 4. The van der Waals surface area contributed by atoms with E-state index in [2.05, 4.69) is 152 Å². The maximum Gasteiger partial charge on any atom is -1.00 e. The molecule has 0 amide bonds. The van der Waals surface area contributed by atoms with E-state index in [-0.39, 0.29) is 35.6 Å². The zero-order chi connectivity index (χ0) is 30.7. The van der Waals surface area contributed by atoms with E-state index in [4.69, 9.17) is 11.6 Å². The Morgan fingerprint density at radius 3 is 1.62 bits per heavy atom. The van der Waals surface area contributed by atoms with Gasteiger partial charge in [-0.05, 0) is 0 Å². The van der Waals surface area contributed by atoms with Crippen molar-refractivity contribution in [3.8, 4) is 11.1 Å². The number of allylic oxidation sites excluding steroid dienone is 4. The van der Waals surface area contributed by atoms with Crippen LogP contribution in [-0.4, -0.2) is 3.21 Å². The Labute approximate surface area is 296 Å². The Balaban J connectivity index is 0.00000230. The summed E-state index contributed by atoms with van der Waals surface area (Å²) in [5.41, 5.74) is 14.5. The Morgan fingerprint density at radius 1 is 0.689 bits per heavy atom. The molecular weight excluding hydrogens is 690 g/mol. The molecule has 6 rings (SSSR count). The number of aryl methyl sites for hydroxylation is 2. The monoisotopic (exact) mass is 730 g/mol. The molecule has 0 nitrogen and oxygen atoms in total. The average Bonchev–Trinajstić information content (AvgIpc) is 3.57.